The van der Waals surface area contributed by atoms with Gasteiger partial charge in [0.25, 0.3) is 0 Å². The van der Waals surface area contributed by atoms with Crippen molar-refractivity contribution in [1.29, 1.82) is 0 Å². The lowest BCUT2D eigenvalue weighted by atomic mass is 9.70. The van der Waals surface area contributed by atoms with Gasteiger partial charge in [0, 0.05) is 13.0 Å². The highest BCUT2D eigenvalue weighted by atomic mass is 19.2. The summed E-state index contributed by atoms with van der Waals surface area (Å²) in [5.41, 5.74) is 0. The number of halogens is 3. The van der Waals surface area contributed by atoms with Crippen molar-refractivity contribution < 1.29 is 22.6 Å². The number of unbranched alkanes of at least 4 members (excludes halogenated alkanes) is 1. The Balaban J connectivity index is 1.81. The second-order valence-corrected chi connectivity index (χ2v) is 7.72. The first-order valence-electron chi connectivity index (χ1n) is 10.4. The van der Waals surface area contributed by atoms with Crippen LogP contribution in [0.3, 0.4) is 0 Å². The number of hydrogen-bond acceptors (Lipinski definition) is 2. The second kappa shape index (κ2) is 11.3. The van der Waals surface area contributed by atoms with E-state index >= 15 is 0 Å². The first-order valence-corrected chi connectivity index (χ1v) is 10.4. The molecule has 26 heavy (non-hydrogen) atoms. The van der Waals surface area contributed by atoms with Gasteiger partial charge in [-0.3, -0.25) is 0 Å². The molecule has 0 radical (unpaired) electrons. The third kappa shape index (κ3) is 5.98. The van der Waals surface area contributed by atoms with Crippen LogP contribution in [0.2, 0.25) is 0 Å². The molecule has 0 aromatic carbocycles. The fraction of sp³-hybridized carbons (Fsp3) is 0.905. The van der Waals surface area contributed by atoms with E-state index < -0.39 is 36.5 Å². The molecule has 0 bridgehead atoms. The fourth-order valence-electron chi connectivity index (χ4n) is 4.28. The highest BCUT2D eigenvalue weighted by Crippen LogP contribution is 2.43. The summed E-state index contributed by atoms with van der Waals surface area (Å²) in [6.45, 7) is 5.05. The summed E-state index contributed by atoms with van der Waals surface area (Å²) in [5.74, 6) is -0.933. The van der Waals surface area contributed by atoms with Crippen molar-refractivity contribution in [2.24, 2.45) is 11.8 Å². The van der Waals surface area contributed by atoms with Crippen molar-refractivity contribution in [1.82, 2.24) is 0 Å². The van der Waals surface area contributed by atoms with Crippen molar-refractivity contribution in [2.45, 2.75) is 95.9 Å². The van der Waals surface area contributed by atoms with E-state index in [0.29, 0.717) is 38.9 Å². The van der Waals surface area contributed by atoms with Crippen molar-refractivity contribution >= 4 is 0 Å². The Bertz CT molecular complexity index is 418. The van der Waals surface area contributed by atoms with E-state index in [-0.39, 0.29) is 6.10 Å². The Labute approximate surface area is 156 Å². The van der Waals surface area contributed by atoms with Crippen LogP contribution >= 0.6 is 0 Å². The highest BCUT2D eigenvalue weighted by Gasteiger charge is 2.47. The predicted molar refractivity (Wildman–Crippen MR) is 98.6 cm³/mol. The lowest BCUT2D eigenvalue weighted by Crippen LogP contribution is -2.48. The van der Waals surface area contributed by atoms with Crippen LogP contribution in [-0.4, -0.2) is 43.9 Å². The molecule has 5 heteroatoms. The molecule has 0 saturated heterocycles. The Morgan fingerprint density at radius 1 is 0.885 bits per heavy atom. The zero-order chi connectivity index (χ0) is 18.9. The third-order valence-electron chi connectivity index (χ3n) is 5.84. The highest BCUT2D eigenvalue weighted by molar-refractivity contribution is 4.96. The Morgan fingerprint density at radius 3 is 2.35 bits per heavy atom. The minimum atomic E-state index is -1.63. The Hall–Kier alpha value is -0.550. The normalized spacial score (nSPS) is 38.7. The summed E-state index contributed by atoms with van der Waals surface area (Å²) in [6.07, 6.45) is 4.18. The predicted octanol–water partition coefficient (Wildman–Crippen LogP) is 5.75. The van der Waals surface area contributed by atoms with E-state index in [4.69, 9.17) is 9.47 Å². The lowest BCUT2D eigenvalue weighted by molar-refractivity contribution is -0.101. The quantitative estimate of drug-likeness (QED) is 0.377. The number of alkyl halides is 3. The summed E-state index contributed by atoms with van der Waals surface area (Å²) < 4.78 is 55.0. The van der Waals surface area contributed by atoms with E-state index in [1.54, 1.807) is 0 Å². The molecule has 2 saturated carbocycles. The molecule has 7 unspecified atom stereocenters. The standard InChI is InChI=1S/C21H35F3O2/c1-3-5-7-13-25-15-8-9-16(18(22)14-15)17-10-11-19(21(24)20(17)23)26-12-6-4-2/h5,7,15-21H,3-4,6,8-14H2,1-2H3. The maximum Gasteiger partial charge on any atom is 0.157 e. The summed E-state index contributed by atoms with van der Waals surface area (Å²) >= 11 is 0. The van der Waals surface area contributed by atoms with Crippen molar-refractivity contribution in [3.8, 4) is 0 Å². The lowest BCUT2D eigenvalue weighted by Gasteiger charge is -2.42. The molecule has 2 rings (SSSR count). The fourth-order valence-corrected chi connectivity index (χ4v) is 4.28. The number of ether oxygens (including phenoxy) is 2. The zero-order valence-electron chi connectivity index (χ0n) is 16.2. The van der Waals surface area contributed by atoms with Crippen LogP contribution in [0.4, 0.5) is 13.2 Å². The summed E-state index contributed by atoms with van der Waals surface area (Å²) in [7, 11) is 0. The van der Waals surface area contributed by atoms with Crippen LogP contribution < -0.4 is 0 Å². The number of hydrogen-bond donors (Lipinski definition) is 0. The molecule has 0 aliphatic heterocycles. The van der Waals surface area contributed by atoms with Crippen LogP contribution in [0.5, 0.6) is 0 Å². The van der Waals surface area contributed by atoms with Crippen LogP contribution in [-0.2, 0) is 9.47 Å². The molecule has 2 fully saturated rings. The third-order valence-corrected chi connectivity index (χ3v) is 5.84. The molecule has 0 spiro atoms. The van der Waals surface area contributed by atoms with Gasteiger partial charge in [-0.05, 0) is 50.4 Å². The number of allylic oxidation sites excluding steroid dienone is 1. The molecule has 2 aliphatic carbocycles. The number of rotatable bonds is 9. The molecule has 0 aromatic heterocycles. The molecular weight excluding hydrogens is 341 g/mol. The molecule has 0 N–H and O–H groups in total. The Kier molecular flexibility index (Phi) is 9.48. The van der Waals surface area contributed by atoms with Gasteiger partial charge in [0.15, 0.2) is 6.17 Å². The van der Waals surface area contributed by atoms with Crippen molar-refractivity contribution in [3.63, 3.8) is 0 Å². The van der Waals surface area contributed by atoms with Crippen LogP contribution in [0.25, 0.3) is 0 Å². The molecule has 2 aliphatic rings. The second-order valence-electron chi connectivity index (χ2n) is 7.72. The zero-order valence-corrected chi connectivity index (χ0v) is 16.2. The van der Waals surface area contributed by atoms with E-state index in [1.165, 1.54) is 0 Å². The van der Waals surface area contributed by atoms with Gasteiger partial charge in [-0.25, -0.2) is 13.2 Å². The van der Waals surface area contributed by atoms with Crippen LogP contribution in [0.15, 0.2) is 12.2 Å². The molecule has 2 nitrogen and oxygen atoms in total. The molecular formula is C21H35F3O2. The first-order chi connectivity index (χ1) is 12.6. The maximum absolute atomic E-state index is 14.7. The van der Waals surface area contributed by atoms with E-state index in [1.807, 2.05) is 26.0 Å². The minimum Gasteiger partial charge on any atom is -0.375 e. The molecule has 0 aromatic rings. The summed E-state index contributed by atoms with van der Waals surface area (Å²) in [4.78, 5) is 0. The maximum atomic E-state index is 14.7. The Morgan fingerprint density at radius 2 is 1.65 bits per heavy atom. The van der Waals surface area contributed by atoms with Gasteiger partial charge < -0.3 is 9.47 Å². The average Bonchev–Trinajstić information content (AvgIpc) is 2.63. The smallest absolute Gasteiger partial charge is 0.157 e. The molecule has 7 atom stereocenters. The van der Waals surface area contributed by atoms with E-state index in [2.05, 4.69) is 0 Å². The summed E-state index contributed by atoms with van der Waals surface area (Å²) in [6, 6.07) is 0. The topological polar surface area (TPSA) is 18.5 Å². The van der Waals surface area contributed by atoms with Gasteiger partial charge in [-0.1, -0.05) is 32.4 Å². The van der Waals surface area contributed by atoms with Crippen molar-refractivity contribution in [2.75, 3.05) is 13.2 Å². The molecule has 0 amide bonds. The van der Waals surface area contributed by atoms with Crippen LogP contribution in [0, 0.1) is 11.8 Å². The monoisotopic (exact) mass is 376 g/mol. The average molecular weight is 377 g/mol. The summed E-state index contributed by atoms with van der Waals surface area (Å²) in [5, 5.41) is 0. The first kappa shape index (κ1) is 21.7. The van der Waals surface area contributed by atoms with Gasteiger partial charge >= 0.3 is 0 Å². The van der Waals surface area contributed by atoms with Gasteiger partial charge in [-0.15, -0.1) is 0 Å². The van der Waals surface area contributed by atoms with E-state index in [9.17, 15) is 13.2 Å². The molecule has 0 heterocycles. The van der Waals surface area contributed by atoms with Gasteiger partial charge in [-0.2, -0.15) is 0 Å². The van der Waals surface area contributed by atoms with Crippen LogP contribution in [0.1, 0.15) is 65.2 Å². The van der Waals surface area contributed by atoms with Gasteiger partial charge in [0.2, 0.25) is 0 Å². The SMILES string of the molecule is CCC=CCOC1CCC(C2CCC(OCCCC)C(F)C2F)C(F)C1. The molecule has 152 valence electrons. The van der Waals surface area contributed by atoms with Gasteiger partial charge in [0.05, 0.1) is 18.8 Å². The van der Waals surface area contributed by atoms with Gasteiger partial charge in [0.1, 0.15) is 12.3 Å². The van der Waals surface area contributed by atoms with E-state index in [0.717, 1.165) is 25.7 Å². The largest absolute Gasteiger partial charge is 0.375 e. The van der Waals surface area contributed by atoms with Crippen molar-refractivity contribution in [3.05, 3.63) is 12.2 Å². The minimum absolute atomic E-state index is 0.115.